The zero-order chi connectivity index (χ0) is 32.9. The van der Waals surface area contributed by atoms with Crippen molar-refractivity contribution in [1.29, 1.82) is 0 Å². The van der Waals surface area contributed by atoms with Gasteiger partial charge < -0.3 is 24.4 Å². The van der Waals surface area contributed by atoms with Gasteiger partial charge in [0.25, 0.3) is 5.91 Å². The number of allylic oxidation sites excluding steroid dienone is 1. The number of anilines is 3. The number of benzene rings is 2. The lowest BCUT2D eigenvalue weighted by atomic mass is 10.1. The van der Waals surface area contributed by atoms with E-state index in [2.05, 4.69) is 28.6 Å². The molecule has 3 aromatic rings. The molecule has 0 fully saturated rings. The molecule has 1 unspecified atom stereocenters. The summed E-state index contributed by atoms with van der Waals surface area (Å²) in [7, 11) is 1.94. The minimum Gasteiger partial charge on any atom is -0.431 e. The molecule has 1 N–H and O–H groups in total. The van der Waals surface area contributed by atoms with E-state index in [0.29, 0.717) is 30.2 Å². The van der Waals surface area contributed by atoms with Crippen LogP contribution in [0.15, 0.2) is 78.4 Å². The third-order valence-electron chi connectivity index (χ3n) is 6.56. The van der Waals surface area contributed by atoms with Crippen LogP contribution in [0, 0.1) is 0 Å². The van der Waals surface area contributed by atoms with Gasteiger partial charge in [0.15, 0.2) is 0 Å². The third kappa shape index (κ3) is 10.5. The molecule has 0 spiro atoms. The van der Waals surface area contributed by atoms with Gasteiger partial charge in [0.2, 0.25) is 6.29 Å². The lowest BCUT2D eigenvalue weighted by Crippen LogP contribution is -2.34. The number of nitrogens with zero attached hydrogens (tertiary/aromatic N) is 4. The fourth-order valence-corrected chi connectivity index (χ4v) is 4.28. The number of hydrogen-bond donors (Lipinski definition) is 1. The number of rotatable bonds is 15. The molecule has 0 aliphatic carbocycles. The van der Waals surface area contributed by atoms with E-state index in [-0.39, 0.29) is 25.0 Å². The van der Waals surface area contributed by atoms with Crippen LogP contribution in [0.1, 0.15) is 50.0 Å². The summed E-state index contributed by atoms with van der Waals surface area (Å²) in [5.74, 6) is -0.693. The standard InChI is InChI=1S/C34H41N5O6/c1-23(2)26-11-14-28(15-12-26)36-19-21-38(7)30-16-13-27(22-29(30)35-6)33(41)39(31-10-8-9-18-37-31)20-17-32(40)44-25(5)45-34(42)43-24(3)4/h8-16,18,22,24-25,36H,1,6,17,19-21H2,2-5,7H3. The maximum atomic E-state index is 13.7. The van der Waals surface area contributed by atoms with Crippen molar-refractivity contribution in [2.45, 2.75) is 46.5 Å². The number of nitrogens with one attached hydrogen (secondary N) is 1. The Morgan fingerprint density at radius 1 is 0.956 bits per heavy atom. The van der Waals surface area contributed by atoms with Gasteiger partial charge in [-0.3, -0.25) is 19.5 Å². The molecule has 0 saturated carbocycles. The number of ether oxygens (including phenoxy) is 3. The van der Waals surface area contributed by atoms with E-state index in [9.17, 15) is 14.4 Å². The summed E-state index contributed by atoms with van der Waals surface area (Å²) in [5.41, 5.74) is 4.80. The van der Waals surface area contributed by atoms with Gasteiger partial charge in [-0.05, 0) is 75.5 Å². The molecule has 0 bridgehead atoms. The highest BCUT2D eigenvalue weighted by Crippen LogP contribution is 2.30. The highest BCUT2D eigenvalue weighted by molar-refractivity contribution is 6.06. The first-order valence-electron chi connectivity index (χ1n) is 14.6. The molecule has 238 valence electrons. The molecular weight excluding hydrogens is 574 g/mol. The van der Waals surface area contributed by atoms with Crippen molar-refractivity contribution in [3.63, 3.8) is 0 Å². The molecule has 0 saturated heterocycles. The van der Waals surface area contributed by atoms with Gasteiger partial charge >= 0.3 is 12.1 Å². The van der Waals surface area contributed by atoms with Crippen LogP contribution in [0.25, 0.3) is 5.57 Å². The van der Waals surface area contributed by atoms with E-state index in [0.717, 1.165) is 22.5 Å². The summed E-state index contributed by atoms with van der Waals surface area (Å²) in [6, 6.07) is 18.4. The van der Waals surface area contributed by atoms with Crippen molar-refractivity contribution >= 4 is 53.2 Å². The van der Waals surface area contributed by atoms with Crippen LogP contribution in [0.5, 0.6) is 0 Å². The van der Waals surface area contributed by atoms with Crippen LogP contribution in [0.3, 0.4) is 0 Å². The summed E-state index contributed by atoms with van der Waals surface area (Å²) >= 11 is 0. The zero-order valence-electron chi connectivity index (χ0n) is 26.5. The molecule has 1 aromatic heterocycles. The Morgan fingerprint density at radius 3 is 2.29 bits per heavy atom. The van der Waals surface area contributed by atoms with Gasteiger partial charge in [-0.2, -0.15) is 0 Å². The van der Waals surface area contributed by atoms with Crippen LogP contribution in [0.4, 0.5) is 27.7 Å². The second-order valence-electron chi connectivity index (χ2n) is 10.6. The van der Waals surface area contributed by atoms with Crippen molar-refractivity contribution in [1.82, 2.24) is 4.98 Å². The maximum absolute atomic E-state index is 13.7. The van der Waals surface area contributed by atoms with E-state index < -0.39 is 18.4 Å². The van der Waals surface area contributed by atoms with Crippen LogP contribution in [-0.2, 0) is 19.0 Å². The smallest absolute Gasteiger partial charge is 0.431 e. The van der Waals surface area contributed by atoms with E-state index in [1.807, 2.05) is 49.2 Å². The van der Waals surface area contributed by atoms with Crippen molar-refractivity contribution < 1.29 is 28.6 Å². The van der Waals surface area contributed by atoms with Crippen LogP contribution in [-0.4, -0.2) is 68.8 Å². The minimum absolute atomic E-state index is 0.0324. The average molecular weight is 616 g/mol. The van der Waals surface area contributed by atoms with E-state index >= 15 is 0 Å². The third-order valence-corrected chi connectivity index (χ3v) is 6.56. The Morgan fingerprint density at radius 2 is 1.67 bits per heavy atom. The second kappa shape index (κ2) is 16.6. The number of aromatic nitrogens is 1. The molecule has 0 aliphatic heterocycles. The molecule has 3 rings (SSSR count). The second-order valence-corrected chi connectivity index (χ2v) is 10.6. The van der Waals surface area contributed by atoms with Crippen molar-refractivity contribution in [2.24, 2.45) is 4.99 Å². The summed E-state index contributed by atoms with van der Waals surface area (Å²) in [6.07, 6.45) is -1.10. The molecule has 45 heavy (non-hydrogen) atoms. The highest BCUT2D eigenvalue weighted by Gasteiger charge is 2.23. The van der Waals surface area contributed by atoms with Gasteiger partial charge in [0.1, 0.15) is 5.82 Å². The molecule has 11 heteroatoms. The molecule has 1 atom stereocenters. The molecule has 2 aromatic carbocycles. The number of pyridine rings is 1. The SMILES string of the molecule is C=Nc1cc(C(=O)N(CCC(=O)OC(C)OC(=O)OC(C)C)c2ccccn2)ccc1N(C)CCNc1ccc(C(=C)C)cc1. The predicted molar refractivity (Wildman–Crippen MR) is 177 cm³/mol. The number of esters is 1. The number of hydrogen-bond acceptors (Lipinski definition) is 10. The lowest BCUT2D eigenvalue weighted by Gasteiger charge is -2.24. The Kier molecular flexibility index (Phi) is 12.7. The Balaban J connectivity index is 1.66. The number of carbonyl (C=O) groups excluding carboxylic acids is 3. The number of likely N-dealkylation sites (N-methyl/N-ethyl adjacent to an activating group) is 1. The van der Waals surface area contributed by atoms with Crippen LogP contribution in [0.2, 0.25) is 0 Å². The van der Waals surface area contributed by atoms with Gasteiger partial charge in [-0.25, -0.2) is 9.78 Å². The van der Waals surface area contributed by atoms with Gasteiger partial charge in [0.05, 0.1) is 23.9 Å². The predicted octanol–water partition coefficient (Wildman–Crippen LogP) is 6.48. The van der Waals surface area contributed by atoms with Crippen molar-refractivity contribution in [3.05, 3.63) is 84.6 Å². The Hall–Kier alpha value is -5.19. The van der Waals surface area contributed by atoms with Crippen molar-refractivity contribution in [2.75, 3.05) is 41.8 Å². The summed E-state index contributed by atoms with van der Waals surface area (Å²) in [5, 5.41) is 3.41. The van der Waals surface area contributed by atoms with Crippen LogP contribution >= 0.6 is 0 Å². The number of amides is 1. The molecule has 0 radical (unpaired) electrons. The lowest BCUT2D eigenvalue weighted by molar-refractivity contribution is -0.168. The molecule has 1 amide bonds. The monoisotopic (exact) mass is 615 g/mol. The molecule has 0 aliphatic rings. The van der Waals surface area contributed by atoms with E-state index in [1.54, 1.807) is 50.4 Å². The molecule has 1 heterocycles. The fourth-order valence-electron chi connectivity index (χ4n) is 4.28. The normalized spacial score (nSPS) is 11.2. The zero-order valence-corrected chi connectivity index (χ0v) is 26.5. The number of carbonyl (C=O) groups is 3. The molecule has 11 nitrogen and oxygen atoms in total. The quantitative estimate of drug-likeness (QED) is 0.116. The molecular formula is C34H41N5O6. The van der Waals surface area contributed by atoms with Gasteiger partial charge in [-0.15, -0.1) is 0 Å². The minimum atomic E-state index is -1.16. The topological polar surface area (TPSA) is 123 Å². The van der Waals surface area contributed by atoms with Gasteiger partial charge in [-0.1, -0.05) is 30.4 Å². The van der Waals surface area contributed by atoms with Crippen LogP contribution < -0.4 is 15.1 Å². The fraction of sp³-hybridized carbons (Fsp3) is 0.324. The first-order valence-corrected chi connectivity index (χ1v) is 14.6. The largest absolute Gasteiger partial charge is 0.511 e. The van der Waals surface area contributed by atoms with E-state index in [1.165, 1.54) is 11.8 Å². The average Bonchev–Trinajstić information content (AvgIpc) is 3.00. The van der Waals surface area contributed by atoms with E-state index in [4.69, 9.17) is 14.2 Å². The maximum Gasteiger partial charge on any atom is 0.511 e. The van der Waals surface area contributed by atoms with Crippen molar-refractivity contribution in [3.8, 4) is 0 Å². The first-order chi connectivity index (χ1) is 21.5. The Labute approximate surface area is 264 Å². The summed E-state index contributed by atoms with van der Waals surface area (Å²) in [4.78, 5) is 49.8. The first kappa shape index (κ1) is 34.3. The summed E-state index contributed by atoms with van der Waals surface area (Å²) < 4.78 is 15.0. The van der Waals surface area contributed by atoms with Gasteiger partial charge in [0, 0.05) is 51.1 Å². The number of aliphatic imine (C=N–C) groups is 1. The Bertz CT molecular complexity index is 1480. The summed E-state index contributed by atoms with van der Waals surface area (Å²) in [6.45, 7) is 15.7. The highest BCUT2D eigenvalue weighted by atomic mass is 16.8.